The van der Waals surface area contributed by atoms with E-state index in [4.69, 9.17) is 0 Å². The molecule has 1 saturated heterocycles. The molecule has 92 valence electrons. The van der Waals surface area contributed by atoms with Crippen molar-refractivity contribution >= 4 is 27.7 Å². The summed E-state index contributed by atoms with van der Waals surface area (Å²) in [6.07, 6.45) is 3.04. The lowest BCUT2D eigenvalue weighted by Crippen LogP contribution is -2.42. The number of hydrogen-bond acceptors (Lipinski definition) is 4. The van der Waals surface area contributed by atoms with Crippen LogP contribution in [0.4, 0.5) is 5.82 Å². The zero-order valence-corrected chi connectivity index (χ0v) is 11.0. The number of nitrogens with one attached hydrogen (secondary N) is 2. The predicted molar refractivity (Wildman–Crippen MR) is 67.0 cm³/mol. The van der Waals surface area contributed by atoms with Gasteiger partial charge in [-0.2, -0.15) is 0 Å². The number of carbonyl (C=O) groups excluding carboxylic acids is 1. The summed E-state index contributed by atoms with van der Waals surface area (Å²) in [5.74, 6) is 0.483. The molecule has 0 saturated carbocycles. The summed E-state index contributed by atoms with van der Waals surface area (Å²) < 4.78 is 0.371. The molecule has 1 amide bonds. The highest BCUT2D eigenvalue weighted by Gasteiger charge is 2.32. The molecule has 1 fully saturated rings. The fourth-order valence-electron chi connectivity index (χ4n) is 2.03. The van der Waals surface area contributed by atoms with Crippen molar-refractivity contribution in [2.75, 3.05) is 18.5 Å². The smallest absolute Gasteiger partial charge is 0.267 e. The standard InChI is InChI=1S/C10H13BrN4O2/c1-12-9(16)6-3-2-4-15(6)8-7(11)10(17)14-5-13-8/h5-6H,2-4H2,1H3,(H,12,16)(H,13,14,17). The lowest BCUT2D eigenvalue weighted by molar-refractivity contribution is -0.121. The van der Waals surface area contributed by atoms with Gasteiger partial charge in [0.15, 0.2) is 5.82 Å². The Morgan fingerprint density at radius 2 is 2.47 bits per heavy atom. The maximum atomic E-state index is 11.7. The van der Waals surface area contributed by atoms with Crippen LogP contribution in [0.2, 0.25) is 0 Å². The van der Waals surface area contributed by atoms with Crippen LogP contribution in [-0.4, -0.2) is 35.5 Å². The second-order valence-electron chi connectivity index (χ2n) is 3.83. The fraction of sp³-hybridized carbons (Fsp3) is 0.500. The predicted octanol–water partition coefficient (Wildman–Crippen LogP) is 0.247. The Labute approximate surface area is 107 Å². The third-order valence-electron chi connectivity index (χ3n) is 2.85. The van der Waals surface area contributed by atoms with Crippen LogP contribution in [-0.2, 0) is 4.79 Å². The number of hydrogen-bond donors (Lipinski definition) is 2. The van der Waals surface area contributed by atoms with E-state index in [0.717, 1.165) is 19.4 Å². The quantitative estimate of drug-likeness (QED) is 0.820. The SMILES string of the molecule is CNC(=O)C1CCCN1c1nc[nH]c(=O)c1Br. The molecule has 7 heteroatoms. The molecular formula is C10H13BrN4O2. The first-order chi connectivity index (χ1) is 8.15. The van der Waals surface area contributed by atoms with E-state index in [1.807, 2.05) is 4.90 Å². The van der Waals surface area contributed by atoms with Crippen molar-refractivity contribution in [2.45, 2.75) is 18.9 Å². The molecule has 1 aliphatic heterocycles. The van der Waals surface area contributed by atoms with Gasteiger partial charge in [0.1, 0.15) is 10.5 Å². The number of H-pyrrole nitrogens is 1. The highest BCUT2D eigenvalue weighted by Crippen LogP contribution is 2.27. The number of aromatic nitrogens is 2. The maximum Gasteiger partial charge on any atom is 0.267 e. The van der Waals surface area contributed by atoms with Gasteiger partial charge in [0.2, 0.25) is 5.91 Å². The lowest BCUT2D eigenvalue weighted by atomic mass is 10.2. The fourth-order valence-corrected chi connectivity index (χ4v) is 2.48. The molecule has 1 unspecified atom stereocenters. The minimum Gasteiger partial charge on any atom is -0.357 e. The molecule has 2 rings (SSSR count). The minimum atomic E-state index is -0.245. The summed E-state index contributed by atoms with van der Waals surface area (Å²) in [4.78, 5) is 31.7. The van der Waals surface area contributed by atoms with Crippen molar-refractivity contribution < 1.29 is 4.79 Å². The van der Waals surface area contributed by atoms with Crippen LogP contribution in [0.15, 0.2) is 15.6 Å². The first kappa shape index (κ1) is 12.1. The number of likely N-dealkylation sites (N-methyl/N-ethyl adjacent to an activating group) is 1. The lowest BCUT2D eigenvalue weighted by Gasteiger charge is -2.24. The normalized spacial score (nSPS) is 19.4. The third-order valence-corrected chi connectivity index (χ3v) is 3.57. The first-order valence-electron chi connectivity index (χ1n) is 5.36. The van der Waals surface area contributed by atoms with E-state index in [-0.39, 0.29) is 17.5 Å². The van der Waals surface area contributed by atoms with Crippen LogP contribution in [0.3, 0.4) is 0 Å². The molecule has 2 N–H and O–H groups in total. The van der Waals surface area contributed by atoms with E-state index >= 15 is 0 Å². The van der Waals surface area contributed by atoms with Gasteiger partial charge in [0.05, 0.1) is 6.33 Å². The number of halogens is 1. The average Bonchev–Trinajstić information content (AvgIpc) is 2.80. The van der Waals surface area contributed by atoms with Crippen molar-refractivity contribution in [3.05, 3.63) is 21.2 Å². The molecule has 0 radical (unpaired) electrons. The maximum absolute atomic E-state index is 11.7. The van der Waals surface area contributed by atoms with E-state index in [1.54, 1.807) is 7.05 Å². The number of rotatable bonds is 2. The zero-order chi connectivity index (χ0) is 12.4. The van der Waals surface area contributed by atoms with Crippen molar-refractivity contribution in [2.24, 2.45) is 0 Å². The van der Waals surface area contributed by atoms with Gasteiger partial charge in [0.25, 0.3) is 5.56 Å². The summed E-state index contributed by atoms with van der Waals surface area (Å²) in [6, 6.07) is -0.245. The van der Waals surface area contributed by atoms with Crippen LogP contribution >= 0.6 is 15.9 Å². The molecule has 0 spiro atoms. The summed E-state index contributed by atoms with van der Waals surface area (Å²) in [5, 5.41) is 2.63. The van der Waals surface area contributed by atoms with Gasteiger partial charge in [-0.1, -0.05) is 0 Å². The molecule has 1 aliphatic rings. The number of carbonyl (C=O) groups is 1. The van der Waals surface area contributed by atoms with Crippen molar-refractivity contribution in [1.82, 2.24) is 15.3 Å². The van der Waals surface area contributed by atoms with Crippen molar-refractivity contribution in [3.63, 3.8) is 0 Å². The van der Waals surface area contributed by atoms with Crippen molar-refractivity contribution in [1.29, 1.82) is 0 Å². The van der Waals surface area contributed by atoms with E-state index in [1.165, 1.54) is 6.33 Å². The minimum absolute atomic E-state index is 0.0449. The monoisotopic (exact) mass is 300 g/mol. The van der Waals surface area contributed by atoms with Crippen LogP contribution in [0.1, 0.15) is 12.8 Å². The van der Waals surface area contributed by atoms with Gasteiger partial charge in [-0.05, 0) is 28.8 Å². The Bertz CT molecular complexity index is 487. The molecule has 1 aromatic rings. The van der Waals surface area contributed by atoms with E-state index in [0.29, 0.717) is 10.3 Å². The van der Waals surface area contributed by atoms with Crippen LogP contribution in [0, 0.1) is 0 Å². The van der Waals surface area contributed by atoms with Gasteiger partial charge < -0.3 is 15.2 Å². The Balaban J connectivity index is 2.36. The Kier molecular flexibility index (Phi) is 3.46. The van der Waals surface area contributed by atoms with Crippen molar-refractivity contribution in [3.8, 4) is 0 Å². The molecule has 0 aromatic carbocycles. The first-order valence-corrected chi connectivity index (χ1v) is 6.16. The second-order valence-corrected chi connectivity index (χ2v) is 4.63. The van der Waals surface area contributed by atoms with Gasteiger partial charge in [0, 0.05) is 13.6 Å². The highest BCUT2D eigenvalue weighted by molar-refractivity contribution is 9.10. The summed E-state index contributed by atoms with van der Waals surface area (Å²) in [5.41, 5.74) is -0.238. The van der Waals surface area contributed by atoms with Crippen LogP contribution in [0.5, 0.6) is 0 Å². The molecule has 1 aromatic heterocycles. The van der Waals surface area contributed by atoms with Gasteiger partial charge in [-0.15, -0.1) is 0 Å². The molecule has 0 bridgehead atoms. The summed E-state index contributed by atoms with van der Waals surface area (Å²) >= 11 is 3.21. The summed E-state index contributed by atoms with van der Waals surface area (Å²) in [7, 11) is 1.61. The van der Waals surface area contributed by atoms with Crippen LogP contribution < -0.4 is 15.8 Å². The highest BCUT2D eigenvalue weighted by atomic mass is 79.9. The Morgan fingerprint density at radius 1 is 1.71 bits per heavy atom. The zero-order valence-electron chi connectivity index (χ0n) is 9.36. The van der Waals surface area contributed by atoms with Gasteiger partial charge >= 0.3 is 0 Å². The van der Waals surface area contributed by atoms with E-state index in [2.05, 4.69) is 31.2 Å². The molecule has 6 nitrogen and oxygen atoms in total. The van der Waals surface area contributed by atoms with Gasteiger partial charge in [-0.25, -0.2) is 4.98 Å². The van der Waals surface area contributed by atoms with Crippen LogP contribution in [0.25, 0.3) is 0 Å². The Hall–Kier alpha value is -1.37. The number of amides is 1. The number of nitrogens with zero attached hydrogens (tertiary/aromatic N) is 2. The topological polar surface area (TPSA) is 78.1 Å². The molecular weight excluding hydrogens is 288 g/mol. The molecule has 17 heavy (non-hydrogen) atoms. The molecule has 2 heterocycles. The summed E-state index contributed by atoms with van der Waals surface area (Å²) in [6.45, 7) is 0.729. The number of anilines is 1. The molecule has 0 aliphatic carbocycles. The third kappa shape index (κ3) is 2.19. The van der Waals surface area contributed by atoms with Gasteiger partial charge in [-0.3, -0.25) is 9.59 Å². The van der Waals surface area contributed by atoms with E-state index < -0.39 is 0 Å². The molecule has 1 atom stereocenters. The largest absolute Gasteiger partial charge is 0.357 e. The second kappa shape index (κ2) is 4.87. The van der Waals surface area contributed by atoms with E-state index in [9.17, 15) is 9.59 Å². The Morgan fingerprint density at radius 3 is 3.18 bits per heavy atom. The number of aromatic amines is 1. The average molecular weight is 301 g/mol.